The van der Waals surface area contributed by atoms with Crippen LogP contribution in [0.3, 0.4) is 0 Å². The summed E-state index contributed by atoms with van der Waals surface area (Å²) in [5, 5.41) is 0. The van der Waals surface area contributed by atoms with Crippen molar-refractivity contribution in [1.82, 2.24) is 14.9 Å². The number of fused-ring (bicyclic) bond motifs is 1. The SMILES string of the molecule is COC(=O)c1ccc(CN2CCc3nc(C)[nH]c(=O)c3C2)cc1. The van der Waals surface area contributed by atoms with Gasteiger partial charge in [0.2, 0.25) is 0 Å². The molecule has 1 N–H and O–H groups in total. The molecule has 0 fully saturated rings. The third-order valence-electron chi connectivity index (χ3n) is 4.05. The van der Waals surface area contributed by atoms with Gasteiger partial charge in [-0.05, 0) is 24.6 Å². The maximum Gasteiger partial charge on any atom is 0.337 e. The molecule has 1 aliphatic rings. The Labute approximate surface area is 134 Å². The van der Waals surface area contributed by atoms with Crippen LogP contribution in [0.1, 0.15) is 33.0 Å². The van der Waals surface area contributed by atoms with Crippen LogP contribution in [0.2, 0.25) is 0 Å². The molecule has 6 heteroatoms. The highest BCUT2D eigenvalue weighted by atomic mass is 16.5. The second-order valence-corrected chi connectivity index (χ2v) is 5.73. The van der Waals surface area contributed by atoms with Gasteiger partial charge in [-0.25, -0.2) is 9.78 Å². The van der Waals surface area contributed by atoms with Crippen LogP contribution in [0, 0.1) is 6.92 Å². The molecule has 0 spiro atoms. The lowest BCUT2D eigenvalue weighted by atomic mass is 10.1. The van der Waals surface area contributed by atoms with E-state index in [2.05, 4.69) is 14.9 Å². The molecule has 2 heterocycles. The number of carbonyl (C=O) groups excluding carboxylic acids is 1. The van der Waals surface area contributed by atoms with Gasteiger partial charge < -0.3 is 9.72 Å². The molecule has 0 amide bonds. The number of ether oxygens (including phenoxy) is 1. The van der Waals surface area contributed by atoms with Crippen molar-refractivity contribution in [3.05, 3.63) is 62.8 Å². The Bertz CT molecular complexity index is 781. The fraction of sp³-hybridized carbons (Fsp3) is 0.353. The first-order valence-corrected chi connectivity index (χ1v) is 7.55. The molecule has 0 saturated carbocycles. The van der Waals surface area contributed by atoms with Crippen LogP contribution in [0.15, 0.2) is 29.1 Å². The monoisotopic (exact) mass is 313 g/mol. The molecule has 6 nitrogen and oxygen atoms in total. The lowest BCUT2D eigenvalue weighted by molar-refractivity contribution is 0.0600. The van der Waals surface area contributed by atoms with E-state index in [1.807, 2.05) is 12.1 Å². The predicted octanol–water partition coefficient (Wildman–Crippen LogP) is 1.42. The zero-order valence-corrected chi connectivity index (χ0v) is 13.3. The molecule has 1 aromatic heterocycles. The molecule has 120 valence electrons. The Morgan fingerprint density at radius 1 is 1.35 bits per heavy atom. The van der Waals surface area contributed by atoms with Gasteiger partial charge in [0.15, 0.2) is 0 Å². The van der Waals surface area contributed by atoms with E-state index < -0.39 is 0 Å². The molecule has 0 aliphatic carbocycles. The molecule has 0 unspecified atom stereocenters. The molecule has 23 heavy (non-hydrogen) atoms. The zero-order valence-electron chi connectivity index (χ0n) is 13.3. The van der Waals surface area contributed by atoms with Gasteiger partial charge >= 0.3 is 5.97 Å². The number of benzene rings is 1. The van der Waals surface area contributed by atoms with Crippen molar-refractivity contribution in [2.45, 2.75) is 26.4 Å². The van der Waals surface area contributed by atoms with E-state index >= 15 is 0 Å². The number of esters is 1. The normalized spacial score (nSPS) is 14.3. The number of hydrogen-bond donors (Lipinski definition) is 1. The summed E-state index contributed by atoms with van der Waals surface area (Å²) in [4.78, 5) is 32.9. The van der Waals surface area contributed by atoms with Crippen molar-refractivity contribution < 1.29 is 9.53 Å². The number of rotatable bonds is 3. The smallest absolute Gasteiger partial charge is 0.337 e. The van der Waals surface area contributed by atoms with Crippen molar-refractivity contribution in [2.24, 2.45) is 0 Å². The minimum Gasteiger partial charge on any atom is -0.465 e. The second kappa shape index (κ2) is 6.34. The highest BCUT2D eigenvalue weighted by Gasteiger charge is 2.20. The predicted molar refractivity (Wildman–Crippen MR) is 85.2 cm³/mol. The lowest BCUT2D eigenvalue weighted by Crippen LogP contribution is -2.35. The third-order valence-corrected chi connectivity index (χ3v) is 4.05. The van der Waals surface area contributed by atoms with Gasteiger partial charge in [0, 0.05) is 26.1 Å². The van der Waals surface area contributed by atoms with Crippen molar-refractivity contribution in [1.29, 1.82) is 0 Å². The highest BCUT2D eigenvalue weighted by Crippen LogP contribution is 2.17. The zero-order chi connectivity index (χ0) is 16.4. The van der Waals surface area contributed by atoms with E-state index in [4.69, 9.17) is 4.74 Å². The van der Waals surface area contributed by atoms with E-state index in [0.29, 0.717) is 17.9 Å². The van der Waals surface area contributed by atoms with E-state index in [-0.39, 0.29) is 11.5 Å². The van der Waals surface area contributed by atoms with E-state index in [9.17, 15) is 9.59 Å². The van der Waals surface area contributed by atoms with Gasteiger partial charge in [-0.15, -0.1) is 0 Å². The quantitative estimate of drug-likeness (QED) is 0.868. The number of nitrogens with one attached hydrogen (secondary N) is 1. The number of aryl methyl sites for hydroxylation is 1. The Morgan fingerprint density at radius 3 is 2.78 bits per heavy atom. The van der Waals surface area contributed by atoms with Crippen molar-refractivity contribution in [3.63, 3.8) is 0 Å². The van der Waals surface area contributed by atoms with Crippen LogP contribution in [0.25, 0.3) is 0 Å². The number of H-pyrrole nitrogens is 1. The first kappa shape index (κ1) is 15.4. The average molecular weight is 313 g/mol. The van der Waals surface area contributed by atoms with Crippen LogP contribution < -0.4 is 5.56 Å². The fourth-order valence-corrected chi connectivity index (χ4v) is 2.86. The molecule has 2 aromatic rings. The summed E-state index contributed by atoms with van der Waals surface area (Å²) in [5.41, 5.74) is 3.25. The Balaban J connectivity index is 1.72. The van der Waals surface area contributed by atoms with Crippen LogP contribution >= 0.6 is 0 Å². The van der Waals surface area contributed by atoms with E-state index in [1.54, 1.807) is 19.1 Å². The maximum absolute atomic E-state index is 12.1. The van der Waals surface area contributed by atoms with Crippen LogP contribution in [-0.2, 0) is 24.2 Å². The lowest BCUT2D eigenvalue weighted by Gasteiger charge is -2.27. The second-order valence-electron chi connectivity index (χ2n) is 5.73. The van der Waals surface area contributed by atoms with Crippen LogP contribution in [0.4, 0.5) is 0 Å². The molecule has 0 saturated heterocycles. The van der Waals surface area contributed by atoms with Crippen molar-refractivity contribution >= 4 is 5.97 Å². The van der Waals surface area contributed by atoms with Crippen LogP contribution in [0.5, 0.6) is 0 Å². The molecule has 0 bridgehead atoms. The minimum atomic E-state index is -0.337. The van der Waals surface area contributed by atoms with Crippen molar-refractivity contribution in [3.8, 4) is 0 Å². The first-order valence-electron chi connectivity index (χ1n) is 7.55. The third kappa shape index (κ3) is 3.32. The van der Waals surface area contributed by atoms with Gasteiger partial charge in [-0.2, -0.15) is 0 Å². The number of aromatic nitrogens is 2. The first-order chi connectivity index (χ1) is 11.1. The number of aromatic amines is 1. The largest absolute Gasteiger partial charge is 0.465 e. The minimum absolute atomic E-state index is 0.0433. The number of nitrogens with zero attached hydrogens (tertiary/aromatic N) is 2. The molecule has 0 radical (unpaired) electrons. The topological polar surface area (TPSA) is 75.3 Å². The van der Waals surface area contributed by atoms with Gasteiger partial charge in [0.05, 0.1) is 23.9 Å². The summed E-state index contributed by atoms with van der Waals surface area (Å²) >= 11 is 0. The maximum atomic E-state index is 12.1. The molecule has 1 aromatic carbocycles. The van der Waals surface area contributed by atoms with Crippen molar-refractivity contribution in [2.75, 3.05) is 13.7 Å². The Morgan fingerprint density at radius 2 is 2.09 bits per heavy atom. The van der Waals surface area contributed by atoms with Gasteiger partial charge in [-0.1, -0.05) is 12.1 Å². The number of hydrogen-bond acceptors (Lipinski definition) is 5. The van der Waals surface area contributed by atoms with Crippen LogP contribution in [-0.4, -0.2) is 34.5 Å². The summed E-state index contributed by atoms with van der Waals surface area (Å²) in [7, 11) is 1.37. The van der Waals surface area contributed by atoms with Gasteiger partial charge in [0.25, 0.3) is 5.56 Å². The van der Waals surface area contributed by atoms with E-state index in [0.717, 1.165) is 36.3 Å². The summed E-state index contributed by atoms with van der Waals surface area (Å²) in [6, 6.07) is 7.35. The average Bonchev–Trinajstić information content (AvgIpc) is 2.55. The molecule has 1 aliphatic heterocycles. The van der Waals surface area contributed by atoms with Gasteiger partial charge in [0.1, 0.15) is 5.82 Å². The highest BCUT2D eigenvalue weighted by molar-refractivity contribution is 5.89. The molecule has 0 atom stereocenters. The Hall–Kier alpha value is -2.47. The molecular formula is C17H19N3O3. The summed E-state index contributed by atoms with van der Waals surface area (Å²) < 4.78 is 4.69. The standard InChI is InChI=1S/C17H19N3O3/c1-11-18-15-7-8-20(10-14(15)16(21)19-11)9-12-3-5-13(6-4-12)17(22)23-2/h3-6H,7-10H2,1-2H3,(H,18,19,21). The number of carbonyl (C=O) groups is 1. The summed E-state index contributed by atoms with van der Waals surface area (Å²) in [6.45, 7) is 3.99. The fourth-order valence-electron chi connectivity index (χ4n) is 2.86. The summed E-state index contributed by atoms with van der Waals surface area (Å²) in [5.74, 6) is 0.331. The summed E-state index contributed by atoms with van der Waals surface area (Å²) in [6.07, 6.45) is 0.778. The Kier molecular flexibility index (Phi) is 4.25. The van der Waals surface area contributed by atoms with E-state index in [1.165, 1.54) is 7.11 Å². The van der Waals surface area contributed by atoms with Gasteiger partial charge in [-0.3, -0.25) is 9.69 Å². The molecule has 3 rings (SSSR count). The number of methoxy groups -OCH3 is 1. The molecular weight excluding hydrogens is 294 g/mol.